The van der Waals surface area contributed by atoms with Crippen LogP contribution in [0.2, 0.25) is 0 Å². The normalized spacial score (nSPS) is 14.2. The van der Waals surface area contributed by atoms with Crippen LogP contribution in [0.25, 0.3) is 0 Å². The molecule has 16 heavy (non-hydrogen) atoms. The number of carbonyl (C=O) groups is 1. The Kier molecular flexibility index (Phi) is 4.53. The van der Waals surface area contributed by atoms with Crippen LogP contribution in [-0.4, -0.2) is 24.9 Å². The second-order valence-electron chi connectivity index (χ2n) is 4.51. The van der Waals surface area contributed by atoms with Gasteiger partial charge >= 0.3 is 0 Å². The maximum absolute atomic E-state index is 12.2. The summed E-state index contributed by atoms with van der Waals surface area (Å²) in [5.74, 6) is 0.555. The van der Waals surface area contributed by atoms with Crippen molar-refractivity contribution in [3.63, 3.8) is 0 Å². The Hall–Kier alpha value is -1.31. The summed E-state index contributed by atoms with van der Waals surface area (Å²) in [6.07, 6.45) is 1.01. The van der Waals surface area contributed by atoms with E-state index in [1.165, 1.54) is 0 Å². The number of hydrogen-bond donors (Lipinski definition) is 0. The molecule has 0 N–H and O–H groups in total. The van der Waals surface area contributed by atoms with Crippen molar-refractivity contribution < 1.29 is 4.79 Å². The molecule has 2 atom stereocenters. The Morgan fingerprint density at radius 1 is 1.25 bits per heavy atom. The molecule has 0 aromatic heterocycles. The van der Waals surface area contributed by atoms with Crippen LogP contribution in [0.15, 0.2) is 30.3 Å². The molecular weight excluding hydrogens is 198 g/mol. The van der Waals surface area contributed by atoms with Crippen molar-refractivity contribution in [3.8, 4) is 0 Å². The zero-order chi connectivity index (χ0) is 12.1. The highest BCUT2D eigenvalue weighted by atomic mass is 16.2. The van der Waals surface area contributed by atoms with Gasteiger partial charge in [0.1, 0.15) is 0 Å². The number of carbonyl (C=O) groups excluding carboxylic acids is 1. The highest BCUT2D eigenvalue weighted by molar-refractivity contribution is 5.83. The molecule has 0 aliphatic heterocycles. The zero-order valence-electron chi connectivity index (χ0n) is 10.6. The molecule has 0 unspecified atom stereocenters. The first-order valence-electron chi connectivity index (χ1n) is 5.84. The molecule has 0 heterocycles. The monoisotopic (exact) mass is 219 g/mol. The van der Waals surface area contributed by atoms with Crippen LogP contribution in [0.1, 0.15) is 31.7 Å². The quantitative estimate of drug-likeness (QED) is 0.762. The van der Waals surface area contributed by atoms with Crippen molar-refractivity contribution >= 4 is 5.91 Å². The van der Waals surface area contributed by atoms with Crippen LogP contribution in [0.4, 0.5) is 0 Å². The van der Waals surface area contributed by atoms with Crippen molar-refractivity contribution in [2.45, 2.75) is 26.2 Å². The van der Waals surface area contributed by atoms with Gasteiger partial charge in [-0.15, -0.1) is 0 Å². The van der Waals surface area contributed by atoms with Gasteiger partial charge in [-0.2, -0.15) is 0 Å². The first kappa shape index (κ1) is 12.8. The third kappa shape index (κ3) is 2.84. The lowest BCUT2D eigenvalue weighted by Gasteiger charge is -2.25. The molecule has 2 nitrogen and oxygen atoms in total. The maximum Gasteiger partial charge on any atom is 0.229 e. The van der Waals surface area contributed by atoms with E-state index in [1.54, 1.807) is 4.90 Å². The van der Waals surface area contributed by atoms with Crippen LogP contribution < -0.4 is 0 Å². The van der Waals surface area contributed by atoms with Gasteiger partial charge in [-0.3, -0.25) is 4.79 Å². The van der Waals surface area contributed by atoms with Crippen molar-refractivity contribution in [2.75, 3.05) is 14.1 Å². The Morgan fingerprint density at radius 2 is 1.81 bits per heavy atom. The smallest absolute Gasteiger partial charge is 0.229 e. The fourth-order valence-electron chi connectivity index (χ4n) is 1.89. The summed E-state index contributed by atoms with van der Waals surface area (Å²) in [6, 6.07) is 10.1. The molecule has 0 radical (unpaired) electrons. The minimum Gasteiger partial charge on any atom is -0.348 e. The number of rotatable bonds is 4. The second kappa shape index (κ2) is 5.69. The first-order valence-corrected chi connectivity index (χ1v) is 5.84. The van der Waals surface area contributed by atoms with E-state index in [-0.39, 0.29) is 11.8 Å². The van der Waals surface area contributed by atoms with E-state index >= 15 is 0 Å². The minimum atomic E-state index is -0.0128. The average Bonchev–Trinajstić information content (AvgIpc) is 2.30. The Bertz CT molecular complexity index is 332. The van der Waals surface area contributed by atoms with Crippen molar-refractivity contribution in [1.29, 1.82) is 0 Å². The molecule has 0 saturated carbocycles. The van der Waals surface area contributed by atoms with E-state index in [2.05, 4.69) is 13.8 Å². The van der Waals surface area contributed by atoms with Gasteiger partial charge in [0.15, 0.2) is 0 Å². The Labute approximate surface area is 98.3 Å². The summed E-state index contributed by atoms with van der Waals surface area (Å²) in [7, 11) is 3.64. The number of hydrogen-bond acceptors (Lipinski definition) is 1. The topological polar surface area (TPSA) is 20.3 Å². The largest absolute Gasteiger partial charge is 0.348 e. The lowest BCUT2D eigenvalue weighted by molar-refractivity contribution is -0.131. The lowest BCUT2D eigenvalue weighted by atomic mass is 9.84. The van der Waals surface area contributed by atoms with Crippen LogP contribution in [0.3, 0.4) is 0 Å². The predicted molar refractivity (Wildman–Crippen MR) is 67.3 cm³/mol. The Balaban J connectivity index is 3.01. The van der Waals surface area contributed by atoms with Gasteiger partial charge in [0.25, 0.3) is 0 Å². The highest BCUT2D eigenvalue weighted by Crippen LogP contribution is 2.28. The van der Waals surface area contributed by atoms with Gasteiger partial charge in [0.2, 0.25) is 5.91 Å². The number of nitrogens with zero attached hydrogens (tertiary/aromatic N) is 1. The predicted octanol–water partition coefficient (Wildman–Crippen LogP) is 2.90. The van der Waals surface area contributed by atoms with E-state index < -0.39 is 0 Å². The van der Waals surface area contributed by atoms with E-state index in [0.717, 1.165) is 12.0 Å². The van der Waals surface area contributed by atoms with Gasteiger partial charge in [0, 0.05) is 14.1 Å². The molecule has 2 heteroatoms. The minimum absolute atomic E-state index is 0.0128. The van der Waals surface area contributed by atoms with Gasteiger partial charge in [0.05, 0.1) is 5.92 Å². The van der Waals surface area contributed by atoms with Crippen LogP contribution >= 0.6 is 0 Å². The molecule has 0 saturated heterocycles. The highest BCUT2D eigenvalue weighted by Gasteiger charge is 2.26. The molecule has 0 bridgehead atoms. The molecular formula is C14H21NO. The SMILES string of the molecule is CC[C@@H](C)[C@@H](C(=O)N(C)C)c1ccccc1. The Morgan fingerprint density at radius 3 is 2.25 bits per heavy atom. The summed E-state index contributed by atoms with van der Waals surface area (Å²) in [5, 5.41) is 0. The molecule has 0 spiro atoms. The molecule has 1 amide bonds. The molecule has 0 aliphatic rings. The zero-order valence-corrected chi connectivity index (χ0v) is 10.6. The molecule has 88 valence electrons. The number of benzene rings is 1. The summed E-state index contributed by atoms with van der Waals surface area (Å²) in [5.41, 5.74) is 1.12. The van der Waals surface area contributed by atoms with Crippen molar-refractivity contribution in [1.82, 2.24) is 4.90 Å². The van der Waals surface area contributed by atoms with Crippen molar-refractivity contribution in [3.05, 3.63) is 35.9 Å². The van der Waals surface area contributed by atoms with Gasteiger partial charge in [-0.1, -0.05) is 50.6 Å². The fraction of sp³-hybridized carbons (Fsp3) is 0.500. The molecule has 0 fully saturated rings. The van der Waals surface area contributed by atoms with Gasteiger partial charge in [-0.25, -0.2) is 0 Å². The van der Waals surface area contributed by atoms with Crippen LogP contribution in [-0.2, 0) is 4.79 Å². The third-order valence-corrected chi connectivity index (χ3v) is 3.08. The van der Waals surface area contributed by atoms with Gasteiger partial charge in [-0.05, 0) is 11.5 Å². The van der Waals surface area contributed by atoms with E-state index in [0.29, 0.717) is 5.92 Å². The summed E-state index contributed by atoms with van der Waals surface area (Å²) < 4.78 is 0. The standard InChI is InChI=1S/C14H21NO/c1-5-11(2)13(14(16)15(3)4)12-9-7-6-8-10-12/h6-11,13H,5H2,1-4H3/t11-,13-/m1/s1. The van der Waals surface area contributed by atoms with E-state index in [4.69, 9.17) is 0 Å². The van der Waals surface area contributed by atoms with Crippen LogP contribution in [0.5, 0.6) is 0 Å². The first-order chi connectivity index (χ1) is 7.57. The number of amides is 1. The third-order valence-electron chi connectivity index (χ3n) is 3.08. The van der Waals surface area contributed by atoms with Crippen LogP contribution in [0, 0.1) is 5.92 Å². The van der Waals surface area contributed by atoms with E-state index in [1.807, 2.05) is 44.4 Å². The molecule has 1 rings (SSSR count). The molecule has 1 aromatic carbocycles. The fourth-order valence-corrected chi connectivity index (χ4v) is 1.89. The average molecular weight is 219 g/mol. The van der Waals surface area contributed by atoms with Gasteiger partial charge < -0.3 is 4.90 Å². The molecule has 1 aromatic rings. The van der Waals surface area contributed by atoms with E-state index in [9.17, 15) is 4.79 Å². The van der Waals surface area contributed by atoms with Crippen molar-refractivity contribution in [2.24, 2.45) is 5.92 Å². The maximum atomic E-state index is 12.2. The molecule has 0 aliphatic carbocycles. The summed E-state index contributed by atoms with van der Waals surface area (Å²) in [6.45, 7) is 4.27. The number of likely N-dealkylation sites (N-methyl/N-ethyl adjacent to an activating group) is 1. The lowest BCUT2D eigenvalue weighted by Crippen LogP contribution is -2.31. The summed E-state index contributed by atoms with van der Waals surface area (Å²) in [4.78, 5) is 13.9. The summed E-state index contributed by atoms with van der Waals surface area (Å²) >= 11 is 0. The second-order valence-corrected chi connectivity index (χ2v) is 4.51.